The number of rotatable bonds is 4. The highest BCUT2D eigenvalue weighted by Crippen LogP contribution is 2.41. The number of anilines is 1. The highest BCUT2D eigenvalue weighted by atomic mass is 16.4. The molecule has 2 rings (SSSR count). The number of nitrogen functional groups attached to an aromatic ring is 1. The lowest BCUT2D eigenvalue weighted by molar-refractivity contribution is -0.140. The van der Waals surface area contributed by atoms with Crippen LogP contribution in [0.25, 0.3) is 0 Å². The summed E-state index contributed by atoms with van der Waals surface area (Å²) >= 11 is 0. The lowest BCUT2D eigenvalue weighted by atomic mass is 9.69. The molecule has 0 spiro atoms. The third kappa shape index (κ3) is 2.95. The van der Waals surface area contributed by atoms with Gasteiger partial charge in [-0.3, -0.25) is 9.89 Å². The van der Waals surface area contributed by atoms with Crippen LogP contribution in [0.15, 0.2) is 0 Å². The number of carbonyl (C=O) groups is 1. The van der Waals surface area contributed by atoms with Gasteiger partial charge < -0.3 is 10.8 Å². The van der Waals surface area contributed by atoms with Crippen molar-refractivity contribution in [1.82, 2.24) is 15.2 Å². The number of aliphatic carboxylic acids is 1. The molecule has 17 heavy (non-hydrogen) atoms. The second kappa shape index (κ2) is 4.73. The summed E-state index contributed by atoms with van der Waals surface area (Å²) in [4.78, 5) is 15.1. The zero-order valence-corrected chi connectivity index (χ0v) is 9.78. The molecule has 0 bridgehead atoms. The molecule has 1 aromatic heterocycles. The van der Waals surface area contributed by atoms with Gasteiger partial charge in [0.25, 0.3) is 0 Å². The molecular weight excluding hydrogens is 220 g/mol. The van der Waals surface area contributed by atoms with Gasteiger partial charge in [0.05, 0.1) is 6.42 Å². The van der Waals surface area contributed by atoms with E-state index in [1.807, 2.05) is 0 Å². The predicted octanol–water partition coefficient (Wildman–Crippen LogP) is 1.35. The summed E-state index contributed by atoms with van der Waals surface area (Å²) < 4.78 is 0. The molecular formula is C11H18N4O2. The number of hydrogen-bond donors (Lipinski definition) is 3. The Labute approximate surface area is 99.6 Å². The number of carboxylic acid groups (broad SMARTS) is 1. The maximum absolute atomic E-state index is 11.0. The van der Waals surface area contributed by atoms with Crippen LogP contribution in [0.2, 0.25) is 0 Å². The third-order valence-corrected chi connectivity index (χ3v) is 3.53. The monoisotopic (exact) mass is 238 g/mol. The van der Waals surface area contributed by atoms with Crippen molar-refractivity contribution in [3.05, 3.63) is 5.82 Å². The molecule has 0 aliphatic heterocycles. The standard InChI is InChI=1S/C11H18N4O2/c12-10-13-8(14-15-10)6-11(7-9(16)17)4-2-1-3-5-11/h1-7H2,(H,16,17)(H3,12,13,14,15). The predicted molar refractivity (Wildman–Crippen MR) is 62.3 cm³/mol. The average molecular weight is 238 g/mol. The Kier molecular flexibility index (Phi) is 3.31. The zero-order valence-electron chi connectivity index (χ0n) is 9.78. The first-order valence-electron chi connectivity index (χ1n) is 5.98. The summed E-state index contributed by atoms with van der Waals surface area (Å²) in [6.45, 7) is 0. The van der Waals surface area contributed by atoms with E-state index in [4.69, 9.17) is 10.8 Å². The molecule has 0 atom stereocenters. The van der Waals surface area contributed by atoms with E-state index in [9.17, 15) is 4.79 Å². The van der Waals surface area contributed by atoms with Crippen molar-refractivity contribution in [2.24, 2.45) is 5.41 Å². The van der Waals surface area contributed by atoms with E-state index in [2.05, 4.69) is 15.2 Å². The molecule has 0 saturated heterocycles. The van der Waals surface area contributed by atoms with Gasteiger partial charge in [-0.15, -0.1) is 5.10 Å². The van der Waals surface area contributed by atoms with Gasteiger partial charge in [-0.1, -0.05) is 19.3 Å². The molecule has 1 aliphatic rings. The van der Waals surface area contributed by atoms with Crippen molar-refractivity contribution in [3.8, 4) is 0 Å². The van der Waals surface area contributed by atoms with Gasteiger partial charge in [0, 0.05) is 6.42 Å². The van der Waals surface area contributed by atoms with Crippen LogP contribution in [-0.4, -0.2) is 26.3 Å². The molecule has 1 fully saturated rings. The van der Waals surface area contributed by atoms with Crippen LogP contribution in [0.1, 0.15) is 44.3 Å². The number of carboxylic acids is 1. The van der Waals surface area contributed by atoms with Crippen LogP contribution in [0.5, 0.6) is 0 Å². The van der Waals surface area contributed by atoms with E-state index in [1.54, 1.807) is 0 Å². The molecule has 1 heterocycles. The second-order valence-corrected chi connectivity index (χ2v) is 4.95. The average Bonchev–Trinajstić information content (AvgIpc) is 2.63. The van der Waals surface area contributed by atoms with Crippen LogP contribution >= 0.6 is 0 Å². The van der Waals surface area contributed by atoms with Crippen molar-refractivity contribution in [3.63, 3.8) is 0 Å². The lowest BCUT2D eigenvalue weighted by Gasteiger charge is -2.35. The number of aromatic amines is 1. The third-order valence-electron chi connectivity index (χ3n) is 3.53. The number of H-pyrrole nitrogens is 1. The molecule has 94 valence electrons. The summed E-state index contributed by atoms with van der Waals surface area (Å²) in [7, 11) is 0. The van der Waals surface area contributed by atoms with E-state index in [1.165, 1.54) is 6.42 Å². The van der Waals surface area contributed by atoms with E-state index in [0.717, 1.165) is 25.7 Å². The zero-order chi connectivity index (χ0) is 12.3. The molecule has 4 N–H and O–H groups in total. The highest BCUT2D eigenvalue weighted by Gasteiger charge is 2.35. The summed E-state index contributed by atoms with van der Waals surface area (Å²) in [6, 6.07) is 0. The minimum Gasteiger partial charge on any atom is -0.481 e. The largest absolute Gasteiger partial charge is 0.481 e. The Morgan fingerprint density at radius 3 is 2.65 bits per heavy atom. The molecule has 0 aromatic carbocycles. The summed E-state index contributed by atoms with van der Waals surface area (Å²) in [5, 5.41) is 15.6. The van der Waals surface area contributed by atoms with Gasteiger partial charge in [0.2, 0.25) is 5.95 Å². The molecule has 6 heteroatoms. The van der Waals surface area contributed by atoms with Gasteiger partial charge in [-0.25, -0.2) is 0 Å². The number of aromatic nitrogens is 3. The Hall–Kier alpha value is -1.59. The van der Waals surface area contributed by atoms with Crippen LogP contribution in [-0.2, 0) is 11.2 Å². The second-order valence-electron chi connectivity index (χ2n) is 4.95. The molecule has 1 aliphatic carbocycles. The van der Waals surface area contributed by atoms with Crippen molar-refractivity contribution >= 4 is 11.9 Å². The van der Waals surface area contributed by atoms with Crippen molar-refractivity contribution in [2.75, 3.05) is 5.73 Å². The molecule has 0 amide bonds. The number of nitrogens with two attached hydrogens (primary N) is 1. The highest BCUT2D eigenvalue weighted by molar-refractivity contribution is 5.67. The number of nitrogens with zero attached hydrogens (tertiary/aromatic N) is 2. The fraction of sp³-hybridized carbons (Fsp3) is 0.727. The molecule has 0 unspecified atom stereocenters. The van der Waals surface area contributed by atoms with Gasteiger partial charge in [-0.2, -0.15) is 4.98 Å². The van der Waals surface area contributed by atoms with Gasteiger partial charge in [0.15, 0.2) is 0 Å². The Balaban J connectivity index is 2.12. The van der Waals surface area contributed by atoms with E-state index >= 15 is 0 Å². The fourth-order valence-corrected chi connectivity index (χ4v) is 2.78. The maximum atomic E-state index is 11.0. The Bertz CT molecular complexity index is 396. The first-order valence-corrected chi connectivity index (χ1v) is 5.98. The normalized spacial score (nSPS) is 19.1. The Morgan fingerprint density at radius 1 is 1.41 bits per heavy atom. The van der Waals surface area contributed by atoms with E-state index in [0.29, 0.717) is 12.2 Å². The van der Waals surface area contributed by atoms with Gasteiger partial charge in [-0.05, 0) is 18.3 Å². The van der Waals surface area contributed by atoms with Crippen molar-refractivity contribution in [1.29, 1.82) is 0 Å². The first kappa shape index (κ1) is 11.9. The van der Waals surface area contributed by atoms with E-state index < -0.39 is 5.97 Å². The topological polar surface area (TPSA) is 105 Å². The fourth-order valence-electron chi connectivity index (χ4n) is 2.78. The number of nitrogens with one attached hydrogen (secondary N) is 1. The smallest absolute Gasteiger partial charge is 0.303 e. The van der Waals surface area contributed by atoms with Crippen LogP contribution in [0, 0.1) is 5.41 Å². The molecule has 1 aromatic rings. The molecule has 6 nitrogen and oxygen atoms in total. The number of hydrogen-bond acceptors (Lipinski definition) is 4. The summed E-state index contributed by atoms with van der Waals surface area (Å²) in [6.07, 6.45) is 6.10. The van der Waals surface area contributed by atoms with Crippen molar-refractivity contribution in [2.45, 2.75) is 44.9 Å². The Morgan fingerprint density at radius 2 is 2.12 bits per heavy atom. The summed E-state index contributed by atoms with van der Waals surface area (Å²) in [5.74, 6) is 0.186. The van der Waals surface area contributed by atoms with Gasteiger partial charge in [0.1, 0.15) is 5.82 Å². The molecule has 0 radical (unpaired) electrons. The minimum absolute atomic E-state index is 0.171. The molecule has 1 saturated carbocycles. The first-order chi connectivity index (χ1) is 8.10. The van der Waals surface area contributed by atoms with Crippen molar-refractivity contribution < 1.29 is 9.90 Å². The quantitative estimate of drug-likeness (QED) is 0.734. The SMILES string of the molecule is Nc1n[nH]c(CC2(CC(=O)O)CCCCC2)n1. The lowest BCUT2D eigenvalue weighted by Crippen LogP contribution is -2.30. The maximum Gasteiger partial charge on any atom is 0.303 e. The van der Waals surface area contributed by atoms with Crippen LogP contribution in [0.3, 0.4) is 0 Å². The van der Waals surface area contributed by atoms with Crippen LogP contribution < -0.4 is 5.73 Å². The minimum atomic E-state index is -0.737. The van der Waals surface area contributed by atoms with E-state index in [-0.39, 0.29) is 17.8 Å². The van der Waals surface area contributed by atoms with Crippen LogP contribution in [0.4, 0.5) is 5.95 Å². The van der Waals surface area contributed by atoms with Gasteiger partial charge >= 0.3 is 5.97 Å². The summed E-state index contributed by atoms with van der Waals surface area (Å²) in [5.41, 5.74) is 5.29.